The summed E-state index contributed by atoms with van der Waals surface area (Å²) in [4.78, 5) is 11.7. The molecule has 2 aromatic carbocycles. The molecule has 5 nitrogen and oxygen atoms in total. The standard InChI is InChI=1S/C18H20N2O3S/c1-13-3-2-4-16(11-13)24(22,23)19-10-9-14-5-7-17-15(12-14)6-8-18(21)20-17/h2-5,7,11-12,19H,6,8-10H2,1H3,(H,20,21). The fourth-order valence-corrected chi connectivity index (χ4v) is 3.92. The van der Waals surface area contributed by atoms with Gasteiger partial charge < -0.3 is 5.32 Å². The fraction of sp³-hybridized carbons (Fsp3) is 0.278. The lowest BCUT2D eigenvalue weighted by molar-refractivity contribution is -0.116. The molecular weight excluding hydrogens is 324 g/mol. The van der Waals surface area contributed by atoms with Crippen LogP contribution in [0, 0.1) is 6.92 Å². The third-order valence-corrected chi connectivity index (χ3v) is 5.53. The molecule has 0 saturated heterocycles. The van der Waals surface area contributed by atoms with Gasteiger partial charge in [-0.3, -0.25) is 4.79 Å². The number of amides is 1. The molecule has 0 bridgehead atoms. The Morgan fingerprint density at radius 3 is 2.75 bits per heavy atom. The van der Waals surface area contributed by atoms with Crippen LogP contribution in [0.2, 0.25) is 0 Å². The van der Waals surface area contributed by atoms with Crippen molar-refractivity contribution in [1.82, 2.24) is 4.72 Å². The van der Waals surface area contributed by atoms with Gasteiger partial charge in [-0.2, -0.15) is 0 Å². The molecule has 1 aliphatic rings. The summed E-state index contributed by atoms with van der Waals surface area (Å²) in [5, 5.41) is 2.84. The van der Waals surface area contributed by atoms with Crippen molar-refractivity contribution in [3.63, 3.8) is 0 Å². The lowest BCUT2D eigenvalue weighted by atomic mass is 9.99. The molecule has 2 N–H and O–H groups in total. The Balaban J connectivity index is 1.63. The highest BCUT2D eigenvalue weighted by atomic mass is 32.2. The summed E-state index contributed by atoms with van der Waals surface area (Å²) in [6, 6.07) is 12.7. The summed E-state index contributed by atoms with van der Waals surface area (Å²) >= 11 is 0. The summed E-state index contributed by atoms with van der Waals surface area (Å²) < 4.78 is 27.2. The molecule has 0 fully saturated rings. The SMILES string of the molecule is Cc1cccc(S(=O)(=O)NCCc2ccc3c(c2)CCC(=O)N3)c1. The van der Waals surface area contributed by atoms with Crippen molar-refractivity contribution in [2.75, 3.05) is 11.9 Å². The van der Waals surface area contributed by atoms with Crippen LogP contribution in [0.1, 0.15) is 23.1 Å². The number of hydrogen-bond acceptors (Lipinski definition) is 3. The van der Waals surface area contributed by atoms with Gasteiger partial charge in [0.05, 0.1) is 4.90 Å². The third kappa shape index (κ3) is 3.83. The first-order valence-electron chi connectivity index (χ1n) is 7.92. The first-order chi connectivity index (χ1) is 11.4. The second kappa shape index (κ2) is 6.75. The van der Waals surface area contributed by atoms with Gasteiger partial charge in [-0.1, -0.05) is 24.3 Å². The molecule has 0 aliphatic carbocycles. The summed E-state index contributed by atoms with van der Waals surface area (Å²) in [5.41, 5.74) is 3.93. The second-order valence-electron chi connectivity index (χ2n) is 6.00. The number of nitrogens with one attached hydrogen (secondary N) is 2. The monoisotopic (exact) mass is 344 g/mol. The Kier molecular flexibility index (Phi) is 4.69. The molecule has 24 heavy (non-hydrogen) atoms. The Bertz CT molecular complexity index is 876. The van der Waals surface area contributed by atoms with E-state index in [1.165, 1.54) is 0 Å². The van der Waals surface area contributed by atoms with E-state index < -0.39 is 10.0 Å². The largest absolute Gasteiger partial charge is 0.326 e. The number of carbonyl (C=O) groups excluding carboxylic acids is 1. The zero-order chi connectivity index (χ0) is 17.2. The number of rotatable bonds is 5. The van der Waals surface area contributed by atoms with E-state index in [9.17, 15) is 13.2 Å². The van der Waals surface area contributed by atoms with Gasteiger partial charge >= 0.3 is 0 Å². The third-order valence-electron chi connectivity index (χ3n) is 4.07. The molecule has 2 aromatic rings. The van der Waals surface area contributed by atoms with Gasteiger partial charge in [-0.25, -0.2) is 13.1 Å². The highest BCUT2D eigenvalue weighted by Gasteiger charge is 2.16. The van der Waals surface area contributed by atoms with E-state index in [0.29, 0.717) is 19.4 Å². The van der Waals surface area contributed by atoms with Crippen LogP contribution in [0.25, 0.3) is 0 Å². The van der Waals surface area contributed by atoms with Crippen LogP contribution < -0.4 is 10.0 Å². The van der Waals surface area contributed by atoms with Crippen molar-refractivity contribution in [3.8, 4) is 0 Å². The Hall–Kier alpha value is -2.18. The van der Waals surface area contributed by atoms with Gasteiger partial charge in [0, 0.05) is 18.7 Å². The first kappa shape index (κ1) is 16.7. The molecule has 3 rings (SSSR count). The highest BCUT2D eigenvalue weighted by molar-refractivity contribution is 7.89. The van der Waals surface area contributed by atoms with Crippen molar-refractivity contribution in [2.24, 2.45) is 0 Å². The number of hydrogen-bond donors (Lipinski definition) is 2. The molecule has 0 aromatic heterocycles. The van der Waals surface area contributed by atoms with Crippen LogP contribution in [0.15, 0.2) is 47.4 Å². The zero-order valence-electron chi connectivity index (χ0n) is 13.5. The van der Waals surface area contributed by atoms with E-state index in [1.807, 2.05) is 31.2 Å². The summed E-state index contributed by atoms with van der Waals surface area (Å²) in [5.74, 6) is 0.0427. The predicted molar refractivity (Wildman–Crippen MR) is 93.5 cm³/mol. The average Bonchev–Trinajstić information content (AvgIpc) is 2.55. The van der Waals surface area contributed by atoms with Gasteiger partial charge in [-0.15, -0.1) is 0 Å². The number of aryl methyl sites for hydroxylation is 2. The van der Waals surface area contributed by atoms with E-state index in [-0.39, 0.29) is 10.8 Å². The van der Waals surface area contributed by atoms with Gasteiger partial charge in [0.1, 0.15) is 0 Å². The van der Waals surface area contributed by atoms with Gasteiger partial charge in [0.2, 0.25) is 15.9 Å². The smallest absolute Gasteiger partial charge is 0.240 e. The van der Waals surface area contributed by atoms with E-state index in [4.69, 9.17) is 0 Å². The number of sulfonamides is 1. The van der Waals surface area contributed by atoms with E-state index >= 15 is 0 Å². The Morgan fingerprint density at radius 2 is 1.96 bits per heavy atom. The topological polar surface area (TPSA) is 75.3 Å². The number of anilines is 1. The maximum Gasteiger partial charge on any atom is 0.240 e. The minimum Gasteiger partial charge on any atom is -0.326 e. The molecular formula is C18H20N2O3S. The predicted octanol–water partition coefficient (Wildman–Crippen LogP) is 2.40. The van der Waals surface area contributed by atoms with Crippen molar-refractivity contribution < 1.29 is 13.2 Å². The van der Waals surface area contributed by atoms with Gasteiger partial charge in [-0.05, 0) is 54.7 Å². The maximum absolute atomic E-state index is 12.3. The minimum atomic E-state index is -3.48. The Labute approximate surface area is 142 Å². The van der Waals surface area contributed by atoms with Gasteiger partial charge in [0.15, 0.2) is 0 Å². The van der Waals surface area contributed by atoms with Crippen LogP contribution in [0.4, 0.5) is 5.69 Å². The number of benzene rings is 2. The molecule has 0 radical (unpaired) electrons. The molecule has 0 saturated carbocycles. The normalized spacial score (nSPS) is 14.1. The van der Waals surface area contributed by atoms with E-state index in [2.05, 4.69) is 10.0 Å². The van der Waals surface area contributed by atoms with Crippen molar-refractivity contribution >= 4 is 21.6 Å². The van der Waals surface area contributed by atoms with Crippen LogP contribution in [-0.2, 0) is 27.7 Å². The van der Waals surface area contributed by atoms with Crippen molar-refractivity contribution in [1.29, 1.82) is 0 Å². The zero-order valence-corrected chi connectivity index (χ0v) is 14.3. The molecule has 0 spiro atoms. The van der Waals surface area contributed by atoms with Crippen LogP contribution in [0.5, 0.6) is 0 Å². The molecule has 6 heteroatoms. The summed E-state index contributed by atoms with van der Waals surface area (Å²) in [6.45, 7) is 2.20. The lowest BCUT2D eigenvalue weighted by Gasteiger charge is -2.17. The molecule has 1 heterocycles. The van der Waals surface area contributed by atoms with Crippen LogP contribution in [0.3, 0.4) is 0 Å². The summed E-state index contributed by atoms with van der Waals surface area (Å²) in [7, 11) is -3.48. The molecule has 0 unspecified atom stereocenters. The van der Waals surface area contributed by atoms with Crippen LogP contribution >= 0.6 is 0 Å². The van der Waals surface area contributed by atoms with E-state index in [1.54, 1.807) is 18.2 Å². The van der Waals surface area contributed by atoms with Gasteiger partial charge in [0.25, 0.3) is 0 Å². The van der Waals surface area contributed by atoms with Crippen LogP contribution in [-0.4, -0.2) is 20.9 Å². The molecule has 1 aliphatic heterocycles. The minimum absolute atomic E-state index is 0.0427. The first-order valence-corrected chi connectivity index (χ1v) is 9.40. The fourth-order valence-electron chi connectivity index (χ4n) is 2.79. The van der Waals surface area contributed by atoms with Crippen molar-refractivity contribution in [2.45, 2.75) is 31.1 Å². The number of fused-ring (bicyclic) bond motifs is 1. The number of carbonyl (C=O) groups is 1. The Morgan fingerprint density at radius 1 is 1.12 bits per heavy atom. The second-order valence-corrected chi connectivity index (χ2v) is 7.77. The highest BCUT2D eigenvalue weighted by Crippen LogP contribution is 2.23. The molecule has 1 amide bonds. The molecule has 126 valence electrons. The maximum atomic E-state index is 12.3. The summed E-state index contributed by atoms with van der Waals surface area (Å²) in [6.07, 6.45) is 1.83. The lowest BCUT2D eigenvalue weighted by Crippen LogP contribution is -2.26. The van der Waals surface area contributed by atoms with E-state index in [0.717, 1.165) is 28.8 Å². The average molecular weight is 344 g/mol. The quantitative estimate of drug-likeness (QED) is 0.874. The van der Waals surface area contributed by atoms with Crippen molar-refractivity contribution in [3.05, 3.63) is 59.2 Å². The molecule has 0 atom stereocenters.